The van der Waals surface area contributed by atoms with Crippen LogP contribution in [0, 0.1) is 39.0 Å². The van der Waals surface area contributed by atoms with E-state index in [1.54, 1.807) is 18.4 Å². The topological polar surface area (TPSA) is 76.7 Å². The lowest BCUT2D eigenvalue weighted by Crippen LogP contribution is -2.14. The van der Waals surface area contributed by atoms with E-state index in [0.717, 1.165) is 16.1 Å². The van der Waals surface area contributed by atoms with E-state index in [0.29, 0.717) is 22.9 Å². The maximum atomic E-state index is 9.50. The molecule has 0 atom stereocenters. The van der Waals surface area contributed by atoms with Crippen molar-refractivity contribution in [2.24, 2.45) is 10.2 Å². The second-order valence-electron chi connectivity index (χ2n) is 5.80. The molecule has 2 rings (SSSR count). The first kappa shape index (κ1) is 17.9. The molecular weight excluding hydrogens is 320 g/mol. The van der Waals surface area contributed by atoms with E-state index in [1.807, 2.05) is 32.8 Å². The monoisotopic (exact) mass is 342 g/mol. The van der Waals surface area contributed by atoms with Crippen molar-refractivity contribution in [1.82, 2.24) is 4.98 Å². The highest BCUT2D eigenvalue weighted by molar-refractivity contribution is 7.16. The Morgan fingerprint density at radius 3 is 2.21 bits per heavy atom. The van der Waals surface area contributed by atoms with Gasteiger partial charge in [0.2, 0.25) is 0 Å². The van der Waals surface area contributed by atoms with Gasteiger partial charge in [-0.1, -0.05) is 0 Å². The van der Waals surface area contributed by atoms with Crippen LogP contribution < -0.4 is 10.2 Å². The van der Waals surface area contributed by atoms with E-state index in [4.69, 9.17) is 0 Å². The van der Waals surface area contributed by atoms with Crippen LogP contribution in [0.2, 0.25) is 0 Å². The Morgan fingerprint density at radius 1 is 1.08 bits per heavy atom. The molecule has 0 bridgehead atoms. The average Bonchev–Trinajstić information content (AvgIpc) is 2.79. The minimum Gasteiger partial charge on any atom is -0.371 e. The minimum atomic E-state index is 0.517. The summed E-state index contributed by atoms with van der Waals surface area (Å²) >= 11 is 1.62. The molecule has 6 nitrogen and oxygen atoms in total. The molecule has 0 unspecified atom stereocenters. The molecule has 0 aliphatic rings. The number of nitrogens with one attached hydrogen (secondary N) is 1. The molecule has 2 aromatic rings. The van der Waals surface area contributed by atoms with Gasteiger partial charge in [0.25, 0.3) is 0 Å². The number of azo groups is 1. The van der Waals surface area contributed by atoms with Crippen LogP contribution in [-0.2, 0) is 0 Å². The first-order valence-electron chi connectivity index (χ1n) is 7.59. The predicted molar refractivity (Wildman–Crippen MR) is 100 cm³/mol. The van der Waals surface area contributed by atoms with Gasteiger partial charge in [0.05, 0.1) is 5.56 Å². The second-order valence-corrected chi connectivity index (χ2v) is 7.01. The standard InChI is InChI=1S/C17H22N6S/c1-9-10(2)17(24-12(9)4)22-21-14-11(3)13(8-18)16(23(6)7)20-15(14)19-5/h1-7H3,(H,19,20). The number of pyridine rings is 1. The van der Waals surface area contributed by atoms with E-state index in [1.165, 1.54) is 10.4 Å². The molecule has 0 aliphatic heterocycles. The van der Waals surface area contributed by atoms with Crippen LogP contribution in [0.3, 0.4) is 0 Å². The summed E-state index contributed by atoms with van der Waals surface area (Å²) in [5.74, 6) is 1.24. The third-order valence-electron chi connectivity index (χ3n) is 4.07. The van der Waals surface area contributed by atoms with Crippen molar-refractivity contribution in [3.63, 3.8) is 0 Å². The number of nitriles is 1. The van der Waals surface area contributed by atoms with Crippen molar-refractivity contribution in [2.45, 2.75) is 27.7 Å². The largest absolute Gasteiger partial charge is 0.371 e. The highest BCUT2D eigenvalue weighted by atomic mass is 32.1. The zero-order chi connectivity index (χ0) is 18.0. The summed E-state index contributed by atoms with van der Waals surface area (Å²) < 4.78 is 0. The molecule has 0 saturated carbocycles. The molecule has 0 saturated heterocycles. The number of hydrogen-bond donors (Lipinski definition) is 1. The van der Waals surface area contributed by atoms with Crippen molar-refractivity contribution in [3.8, 4) is 6.07 Å². The Kier molecular flexibility index (Phi) is 5.20. The molecule has 7 heteroatoms. The normalized spacial score (nSPS) is 10.9. The van der Waals surface area contributed by atoms with E-state index in [-0.39, 0.29) is 0 Å². The predicted octanol–water partition coefficient (Wildman–Crippen LogP) is 4.77. The molecule has 0 fully saturated rings. The fourth-order valence-electron chi connectivity index (χ4n) is 2.35. The Morgan fingerprint density at radius 2 is 1.75 bits per heavy atom. The van der Waals surface area contributed by atoms with Crippen LogP contribution in [0.15, 0.2) is 10.2 Å². The van der Waals surface area contributed by atoms with E-state index < -0.39 is 0 Å². The summed E-state index contributed by atoms with van der Waals surface area (Å²) in [4.78, 5) is 7.59. The average molecular weight is 342 g/mol. The summed E-state index contributed by atoms with van der Waals surface area (Å²) in [7, 11) is 5.52. The molecule has 0 aromatic carbocycles. The van der Waals surface area contributed by atoms with E-state index >= 15 is 0 Å². The molecule has 126 valence electrons. The van der Waals surface area contributed by atoms with Crippen molar-refractivity contribution in [1.29, 1.82) is 5.26 Å². The van der Waals surface area contributed by atoms with Gasteiger partial charge in [0, 0.05) is 31.6 Å². The number of anilines is 2. The first-order valence-corrected chi connectivity index (χ1v) is 8.41. The number of nitrogens with zero attached hydrogens (tertiary/aromatic N) is 5. The van der Waals surface area contributed by atoms with Crippen LogP contribution in [0.25, 0.3) is 0 Å². The fraction of sp³-hybridized carbons (Fsp3) is 0.412. The SMILES string of the molecule is CNc1nc(N(C)C)c(C#N)c(C)c1N=Nc1sc(C)c(C)c1C. The van der Waals surface area contributed by atoms with Gasteiger partial charge in [-0.05, 0) is 38.8 Å². The Hall–Kier alpha value is -2.46. The van der Waals surface area contributed by atoms with Crippen LogP contribution in [0.1, 0.15) is 27.1 Å². The number of hydrogen-bond acceptors (Lipinski definition) is 7. The van der Waals surface area contributed by atoms with Gasteiger partial charge in [-0.2, -0.15) is 5.26 Å². The zero-order valence-corrected chi connectivity index (χ0v) is 16.0. The maximum absolute atomic E-state index is 9.50. The third kappa shape index (κ3) is 3.10. The Balaban J connectivity index is 2.59. The molecule has 0 spiro atoms. The van der Waals surface area contributed by atoms with Gasteiger partial charge in [0.15, 0.2) is 5.82 Å². The molecule has 1 N–H and O–H groups in total. The molecule has 2 aromatic heterocycles. The Bertz CT molecular complexity index is 842. The van der Waals surface area contributed by atoms with Crippen molar-refractivity contribution in [3.05, 3.63) is 27.1 Å². The fourth-order valence-corrected chi connectivity index (χ4v) is 3.33. The molecule has 24 heavy (non-hydrogen) atoms. The van der Waals surface area contributed by atoms with Gasteiger partial charge in [-0.15, -0.1) is 21.6 Å². The smallest absolute Gasteiger partial charge is 0.156 e. The summed E-state index contributed by atoms with van der Waals surface area (Å²) in [6.45, 7) is 8.09. The summed E-state index contributed by atoms with van der Waals surface area (Å²) in [5, 5.41) is 22.3. The number of aromatic nitrogens is 1. The minimum absolute atomic E-state index is 0.517. The van der Waals surface area contributed by atoms with Gasteiger partial charge in [0.1, 0.15) is 22.6 Å². The molecule has 0 amide bonds. The first-order chi connectivity index (χ1) is 11.3. The van der Waals surface area contributed by atoms with Gasteiger partial charge in [-0.3, -0.25) is 0 Å². The maximum Gasteiger partial charge on any atom is 0.156 e. The zero-order valence-electron chi connectivity index (χ0n) is 15.1. The van der Waals surface area contributed by atoms with Gasteiger partial charge < -0.3 is 10.2 Å². The quantitative estimate of drug-likeness (QED) is 0.812. The number of thiophene rings is 1. The second kappa shape index (κ2) is 6.97. The summed E-state index contributed by atoms with van der Waals surface area (Å²) in [5.41, 5.74) is 4.28. The lowest BCUT2D eigenvalue weighted by Gasteiger charge is -2.17. The van der Waals surface area contributed by atoms with Crippen molar-refractivity contribution >= 4 is 33.7 Å². The molecule has 2 heterocycles. The lowest BCUT2D eigenvalue weighted by molar-refractivity contribution is 1.04. The third-order valence-corrected chi connectivity index (χ3v) is 5.26. The van der Waals surface area contributed by atoms with Crippen LogP contribution in [0.4, 0.5) is 22.3 Å². The van der Waals surface area contributed by atoms with Gasteiger partial charge in [-0.25, -0.2) is 4.98 Å². The van der Waals surface area contributed by atoms with Crippen molar-refractivity contribution < 1.29 is 0 Å². The van der Waals surface area contributed by atoms with Crippen LogP contribution >= 0.6 is 11.3 Å². The summed E-state index contributed by atoms with van der Waals surface area (Å²) in [6.07, 6.45) is 0. The Labute approximate surface area is 146 Å². The molecule has 0 radical (unpaired) electrons. The number of aryl methyl sites for hydroxylation is 1. The van der Waals surface area contributed by atoms with E-state index in [9.17, 15) is 5.26 Å². The summed E-state index contributed by atoms with van der Waals surface area (Å²) in [6, 6.07) is 2.23. The highest BCUT2D eigenvalue weighted by Gasteiger charge is 2.18. The molecular formula is C17H22N6S. The van der Waals surface area contributed by atoms with Gasteiger partial charge >= 0.3 is 0 Å². The van der Waals surface area contributed by atoms with Crippen LogP contribution in [-0.4, -0.2) is 26.1 Å². The van der Waals surface area contributed by atoms with E-state index in [2.05, 4.69) is 40.4 Å². The number of rotatable bonds is 4. The highest BCUT2D eigenvalue weighted by Crippen LogP contribution is 2.38. The van der Waals surface area contributed by atoms with Crippen LogP contribution in [0.5, 0.6) is 0 Å². The van der Waals surface area contributed by atoms with Crippen molar-refractivity contribution in [2.75, 3.05) is 31.4 Å². The molecule has 0 aliphatic carbocycles. The lowest BCUT2D eigenvalue weighted by atomic mass is 10.1.